The lowest BCUT2D eigenvalue weighted by Crippen LogP contribution is -2.57. The van der Waals surface area contributed by atoms with Crippen molar-refractivity contribution in [3.63, 3.8) is 0 Å². The van der Waals surface area contributed by atoms with Crippen LogP contribution < -0.4 is 0 Å². The minimum atomic E-state index is -0.341. The fourth-order valence-corrected chi connectivity index (χ4v) is 11.0. The lowest BCUT2D eigenvalue weighted by atomic mass is 9.42. The third-order valence-corrected chi connectivity index (χ3v) is 13.1. The molecule has 0 aliphatic heterocycles. The standard InChI is InChI=1S/C30H48O2/c1-19(2)22(31)9-8-20(3)21-12-14-28(7)24-11-10-23-26(4,5)25(32)13-15-29(23)18-30(24,29)17-16-27(21,28)6/h20-24,31H,1,8-18H2,2-7H3/t20-,21-,22?,23?,24+,27-,28+,29-,30+/m1/s1. The van der Waals surface area contributed by atoms with Crippen molar-refractivity contribution in [1.82, 2.24) is 0 Å². The van der Waals surface area contributed by atoms with E-state index in [1.807, 2.05) is 6.92 Å². The predicted molar refractivity (Wildman–Crippen MR) is 131 cm³/mol. The summed E-state index contributed by atoms with van der Waals surface area (Å²) in [6, 6.07) is 0. The van der Waals surface area contributed by atoms with Gasteiger partial charge in [0.1, 0.15) is 5.78 Å². The molecule has 0 radical (unpaired) electrons. The van der Waals surface area contributed by atoms with Crippen molar-refractivity contribution in [2.75, 3.05) is 0 Å². The first kappa shape index (κ1) is 23.1. The zero-order chi connectivity index (χ0) is 23.3. The number of carbonyl (C=O) groups excluding carboxylic acids is 1. The molecule has 2 nitrogen and oxygen atoms in total. The average Bonchev–Trinajstić information content (AvgIpc) is 3.31. The van der Waals surface area contributed by atoms with Crippen LogP contribution in [-0.4, -0.2) is 17.0 Å². The molecule has 5 rings (SSSR count). The lowest BCUT2D eigenvalue weighted by molar-refractivity contribution is -0.157. The van der Waals surface area contributed by atoms with Gasteiger partial charge in [-0.1, -0.05) is 46.8 Å². The monoisotopic (exact) mass is 440 g/mol. The molecule has 0 heterocycles. The maximum atomic E-state index is 12.8. The van der Waals surface area contributed by atoms with Gasteiger partial charge in [-0.3, -0.25) is 4.79 Å². The van der Waals surface area contributed by atoms with Crippen molar-refractivity contribution in [2.24, 2.45) is 50.7 Å². The zero-order valence-corrected chi connectivity index (χ0v) is 21.7. The number of rotatable bonds is 5. The summed E-state index contributed by atoms with van der Waals surface area (Å²) in [5, 5.41) is 10.3. The molecule has 0 bridgehead atoms. The second-order valence-corrected chi connectivity index (χ2v) is 14.2. The van der Waals surface area contributed by atoms with Crippen LogP contribution in [0.15, 0.2) is 12.2 Å². The van der Waals surface area contributed by atoms with Crippen molar-refractivity contribution in [2.45, 2.75) is 118 Å². The van der Waals surface area contributed by atoms with Crippen LogP contribution in [0.1, 0.15) is 112 Å². The molecule has 5 aliphatic carbocycles. The molecule has 0 aromatic carbocycles. The molecule has 2 heteroatoms. The number of fused-ring (bicyclic) bond motifs is 2. The number of Topliss-reactive ketones (excluding diaryl/α,β-unsaturated/α-hetero) is 1. The summed E-state index contributed by atoms with van der Waals surface area (Å²) in [5.74, 6) is 3.46. The lowest BCUT2D eigenvalue weighted by Gasteiger charge is -2.62. The van der Waals surface area contributed by atoms with E-state index in [4.69, 9.17) is 0 Å². The molecule has 0 amide bonds. The highest BCUT2D eigenvalue weighted by Gasteiger charge is 2.82. The second kappa shape index (κ2) is 6.96. The van der Waals surface area contributed by atoms with E-state index in [9.17, 15) is 9.90 Å². The third-order valence-electron chi connectivity index (χ3n) is 13.1. The molecule has 9 atom stereocenters. The molecule has 180 valence electrons. The summed E-state index contributed by atoms with van der Waals surface area (Å²) >= 11 is 0. The summed E-state index contributed by atoms with van der Waals surface area (Å²) in [6.45, 7) is 18.2. The molecular formula is C30H48O2. The Bertz CT molecular complexity index is 827. The normalized spacial score (nSPS) is 50.5. The molecule has 2 unspecified atom stereocenters. The molecule has 2 spiro atoms. The van der Waals surface area contributed by atoms with E-state index < -0.39 is 0 Å². The minimum absolute atomic E-state index is 0.106. The smallest absolute Gasteiger partial charge is 0.138 e. The van der Waals surface area contributed by atoms with Gasteiger partial charge in [0.2, 0.25) is 0 Å². The van der Waals surface area contributed by atoms with Crippen LogP contribution in [0.5, 0.6) is 0 Å². The molecule has 5 aliphatic rings. The Hall–Kier alpha value is -0.630. The highest BCUT2D eigenvalue weighted by Crippen LogP contribution is 2.88. The summed E-state index contributed by atoms with van der Waals surface area (Å²) in [5.41, 5.74) is 2.68. The van der Waals surface area contributed by atoms with Crippen LogP contribution in [0.3, 0.4) is 0 Å². The summed E-state index contributed by atoms with van der Waals surface area (Å²) < 4.78 is 0. The van der Waals surface area contributed by atoms with Crippen molar-refractivity contribution >= 4 is 5.78 Å². The number of hydrogen-bond donors (Lipinski definition) is 1. The Labute approximate surface area is 197 Å². The molecule has 32 heavy (non-hydrogen) atoms. The third kappa shape index (κ3) is 2.65. The number of hydrogen-bond acceptors (Lipinski definition) is 2. The van der Waals surface area contributed by atoms with Crippen LogP contribution in [0.4, 0.5) is 0 Å². The van der Waals surface area contributed by atoms with E-state index >= 15 is 0 Å². The van der Waals surface area contributed by atoms with Gasteiger partial charge in [-0.2, -0.15) is 0 Å². The molecule has 0 aromatic rings. The van der Waals surface area contributed by atoms with Gasteiger partial charge in [-0.25, -0.2) is 0 Å². The van der Waals surface area contributed by atoms with Crippen LogP contribution in [0.2, 0.25) is 0 Å². The Balaban J connectivity index is 1.39. The fourth-order valence-electron chi connectivity index (χ4n) is 11.0. The quantitative estimate of drug-likeness (QED) is 0.454. The van der Waals surface area contributed by atoms with Crippen molar-refractivity contribution < 1.29 is 9.90 Å². The van der Waals surface area contributed by atoms with Gasteiger partial charge < -0.3 is 5.11 Å². The maximum absolute atomic E-state index is 12.8. The fraction of sp³-hybridized carbons (Fsp3) is 0.900. The highest BCUT2D eigenvalue weighted by molar-refractivity contribution is 5.86. The minimum Gasteiger partial charge on any atom is -0.389 e. The predicted octanol–water partition coefficient (Wildman–Crippen LogP) is 7.35. The van der Waals surface area contributed by atoms with Crippen LogP contribution in [0, 0.1) is 50.7 Å². The second-order valence-electron chi connectivity index (χ2n) is 14.2. The Morgan fingerprint density at radius 2 is 1.62 bits per heavy atom. The summed E-state index contributed by atoms with van der Waals surface area (Å²) in [7, 11) is 0. The first-order chi connectivity index (χ1) is 14.9. The van der Waals surface area contributed by atoms with E-state index in [1.165, 1.54) is 51.4 Å². The Morgan fingerprint density at radius 1 is 0.969 bits per heavy atom. The largest absolute Gasteiger partial charge is 0.389 e. The van der Waals surface area contributed by atoms with Crippen LogP contribution in [-0.2, 0) is 4.79 Å². The molecular weight excluding hydrogens is 392 g/mol. The van der Waals surface area contributed by atoms with Gasteiger partial charge >= 0.3 is 0 Å². The topological polar surface area (TPSA) is 37.3 Å². The number of aliphatic hydroxyl groups is 1. The molecule has 0 saturated heterocycles. The van der Waals surface area contributed by atoms with E-state index in [1.54, 1.807) is 0 Å². The molecule has 1 N–H and O–H groups in total. The first-order valence-electron chi connectivity index (χ1n) is 13.7. The van der Waals surface area contributed by atoms with Gasteiger partial charge in [0.15, 0.2) is 0 Å². The summed E-state index contributed by atoms with van der Waals surface area (Å²) in [6.07, 6.45) is 13.2. The van der Waals surface area contributed by atoms with E-state index in [-0.39, 0.29) is 11.5 Å². The highest BCUT2D eigenvalue weighted by atomic mass is 16.3. The van der Waals surface area contributed by atoms with Crippen molar-refractivity contribution in [3.8, 4) is 0 Å². The van der Waals surface area contributed by atoms with E-state index in [0.717, 1.165) is 36.7 Å². The van der Waals surface area contributed by atoms with Gasteiger partial charge in [0.25, 0.3) is 0 Å². The van der Waals surface area contributed by atoms with Crippen molar-refractivity contribution in [1.29, 1.82) is 0 Å². The average molecular weight is 441 g/mol. The number of aliphatic hydroxyl groups excluding tert-OH is 1. The summed E-state index contributed by atoms with van der Waals surface area (Å²) in [4.78, 5) is 12.8. The number of ketones is 1. The maximum Gasteiger partial charge on any atom is 0.138 e. The van der Waals surface area contributed by atoms with Crippen molar-refractivity contribution in [3.05, 3.63) is 12.2 Å². The molecule has 5 saturated carbocycles. The first-order valence-corrected chi connectivity index (χ1v) is 13.7. The van der Waals surface area contributed by atoms with Crippen LogP contribution >= 0.6 is 0 Å². The Morgan fingerprint density at radius 3 is 2.31 bits per heavy atom. The number of carbonyl (C=O) groups is 1. The van der Waals surface area contributed by atoms with Crippen LogP contribution in [0.25, 0.3) is 0 Å². The van der Waals surface area contributed by atoms with Gasteiger partial charge in [0.05, 0.1) is 6.10 Å². The van der Waals surface area contributed by atoms with E-state index in [2.05, 4.69) is 41.2 Å². The Kier molecular flexibility index (Phi) is 5.03. The van der Waals surface area contributed by atoms with Gasteiger partial charge in [-0.05, 0) is 116 Å². The van der Waals surface area contributed by atoms with Gasteiger partial charge in [-0.15, -0.1) is 0 Å². The SMILES string of the molecule is C=C(C)C(O)CC[C@@H](C)[C@H]1CC[C@@]2(C)[C@@H]3CCC4C(C)(C)C(=O)CC[C@@]45C[C@@]35CC[C@]12C. The van der Waals surface area contributed by atoms with Gasteiger partial charge in [0, 0.05) is 11.8 Å². The molecule has 5 fully saturated rings. The molecule has 0 aromatic heterocycles. The van der Waals surface area contributed by atoms with E-state index in [0.29, 0.717) is 39.3 Å². The zero-order valence-electron chi connectivity index (χ0n) is 21.7.